The molecular formula is C45H55N3O9. The van der Waals surface area contributed by atoms with Crippen molar-refractivity contribution in [1.29, 1.82) is 5.26 Å². The number of nitrogens with zero attached hydrogens (tertiary/aromatic N) is 1. The van der Waals surface area contributed by atoms with E-state index in [2.05, 4.69) is 50.4 Å². The number of esters is 1. The second kappa shape index (κ2) is 14.5. The fraction of sp³-hybridized carbons (Fsp3) is 0.533. The number of ether oxygens (including phenoxy) is 6. The summed E-state index contributed by atoms with van der Waals surface area (Å²) in [5.74, 6) is -0.849. The summed E-state index contributed by atoms with van der Waals surface area (Å²) in [6.45, 7) is 16.1. The Kier molecular flexibility index (Phi) is 10.3. The van der Waals surface area contributed by atoms with Crippen LogP contribution < -0.4 is 25.3 Å². The van der Waals surface area contributed by atoms with E-state index >= 15 is 4.79 Å². The molecule has 3 aliphatic carbocycles. The molecule has 4 N–H and O–H groups in total. The van der Waals surface area contributed by atoms with Gasteiger partial charge in [0, 0.05) is 47.4 Å². The smallest absolute Gasteiger partial charge is 0.333 e. The minimum atomic E-state index is -1.61. The molecule has 304 valence electrons. The van der Waals surface area contributed by atoms with Gasteiger partial charge in [-0.3, -0.25) is 10.1 Å². The first-order chi connectivity index (χ1) is 27.0. The van der Waals surface area contributed by atoms with Crippen LogP contribution in [0.25, 0.3) is 11.8 Å². The first-order valence-electron chi connectivity index (χ1n) is 19.8. The third-order valence-electron chi connectivity index (χ3n) is 12.5. The average Bonchev–Trinajstić information content (AvgIpc) is 3.30. The van der Waals surface area contributed by atoms with Crippen molar-refractivity contribution in [3.63, 3.8) is 0 Å². The Morgan fingerprint density at radius 2 is 1.84 bits per heavy atom. The number of hydrogen-bond donors (Lipinski definition) is 3. The molecule has 1 aromatic rings. The summed E-state index contributed by atoms with van der Waals surface area (Å²) in [6.07, 6.45) is 12.4. The molecule has 4 fully saturated rings. The quantitative estimate of drug-likeness (QED) is 0.0655. The van der Waals surface area contributed by atoms with E-state index in [0.29, 0.717) is 71.1 Å². The van der Waals surface area contributed by atoms with Crippen molar-refractivity contribution in [2.45, 2.75) is 110 Å². The van der Waals surface area contributed by atoms with E-state index in [1.54, 1.807) is 13.0 Å². The molecule has 4 aliphatic heterocycles. The molecule has 1 saturated heterocycles. The summed E-state index contributed by atoms with van der Waals surface area (Å²) in [5, 5.41) is 23.3. The molecule has 1 aromatic carbocycles. The van der Waals surface area contributed by atoms with Gasteiger partial charge in [-0.2, -0.15) is 5.26 Å². The molecule has 7 aliphatic rings. The molecule has 6 unspecified atom stereocenters. The van der Waals surface area contributed by atoms with E-state index < -0.39 is 40.2 Å². The van der Waals surface area contributed by atoms with Crippen molar-refractivity contribution in [3.8, 4) is 23.3 Å². The molecule has 12 nitrogen and oxygen atoms in total. The van der Waals surface area contributed by atoms with Crippen LogP contribution in [0, 0.1) is 29.1 Å². The molecular weight excluding hydrogens is 727 g/mol. The van der Waals surface area contributed by atoms with Gasteiger partial charge in [0.1, 0.15) is 47.0 Å². The van der Waals surface area contributed by atoms with Crippen molar-refractivity contribution in [3.05, 3.63) is 74.7 Å². The number of aliphatic hydroxyl groups excluding tert-OH is 1. The summed E-state index contributed by atoms with van der Waals surface area (Å²) < 4.78 is 40.1. The first-order valence-corrected chi connectivity index (χ1v) is 19.8. The number of carbonyl (C=O) groups is 2. The molecule has 0 radical (unpaired) electrons. The second-order valence-electron chi connectivity index (χ2n) is 17.2. The zero-order chi connectivity index (χ0) is 41.2. The highest BCUT2D eigenvalue weighted by Gasteiger charge is 2.84. The summed E-state index contributed by atoms with van der Waals surface area (Å²) >= 11 is 0. The normalized spacial score (nSPS) is 29.6. The topological polar surface area (TPSA) is 172 Å². The highest BCUT2D eigenvalue weighted by molar-refractivity contribution is 6.01. The Morgan fingerprint density at radius 1 is 1.11 bits per heavy atom. The Balaban J connectivity index is 1.56. The van der Waals surface area contributed by atoms with Crippen molar-refractivity contribution in [2.75, 3.05) is 27.0 Å². The first kappa shape index (κ1) is 40.4. The predicted molar refractivity (Wildman–Crippen MR) is 213 cm³/mol. The molecule has 12 heteroatoms. The van der Waals surface area contributed by atoms with Crippen LogP contribution in [0.5, 0.6) is 17.2 Å². The maximum absolute atomic E-state index is 15.3. The van der Waals surface area contributed by atoms with E-state index in [0.717, 1.165) is 17.6 Å². The minimum absolute atomic E-state index is 0.00741. The van der Waals surface area contributed by atoms with Crippen LogP contribution >= 0.6 is 0 Å². The standard InChI is InChI=1S/C45H55N3O9/c1-24(2)11-10-16-43(8)17-15-28-35(55-43)27(13-12-25(3)4)37-33(36(28)53-23-48-19-20-49)38-34-32(30(22-46)40(47)54-38)29-21-31-42(6,7)57-44(39(29)50,45(31,34)56-37)18-14-26(5)41(51)52-9/h11-12,14-15,17,29,31-32,48-49H,10,13,16,18-21,23,47H2,1-9H3/b26-14-. The number of hydrogen-bond acceptors (Lipinski definition) is 12. The van der Waals surface area contributed by atoms with Crippen molar-refractivity contribution >= 4 is 23.6 Å². The molecule has 1 spiro atoms. The highest BCUT2D eigenvalue weighted by Crippen LogP contribution is 2.74. The third-order valence-corrected chi connectivity index (χ3v) is 12.5. The van der Waals surface area contributed by atoms with Gasteiger partial charge < -0.3 is 39.3 Å². The van der Waals surface area contributed by atoms with Gasteiger partial charge in [-0.1, -0.05) is 29.4 Å². The largest absolute Gasteiger partial charge is 0.482 e. The number of allylic oxidation sites excluding steroid dienone is 5. The lowest BCUT2D eigenvalue weighted by atomic mass is 9.45. The van der Waals surface area contributed by atoms with Crippen LogP contribution in [0.15, 0.2) is 58.1 Å². The van der Waals surface area contributed by atoms with Crippen LogP contribution in [-0.4, -0.2) is 66.3 Å². The number of nitriles is 1. The van der Waals surface area contributed by atoms with Gasteiger partial charge in [0.25, 0.3) is 0 Å². The van der Waals surface area contributed by atoms with Crippen LogP contribution in [0.2, 0.25) is 0 Å². The Hall–Kier alpha value is -4.83. The number of Topliss-reactive ketones (excluding diaryl/α,β-unsaturated/α-hetero) is 1. The SMILES string of the molecule is COC(=O)/C(C)=C\CC12OC(C)(C)C3CC(C1=O)C1C(C#N)=C(N)OC4=C1C32Oc1c(CC=C(C)C)c2c(c(OCNCCO)c14)C=CC(C)(CCC=C(C)C)O2. The van der Waals surface area contributed by atoms with Gasteiger partial charge in [0.15, 0.2) is 17.0 Å². The van der Waals surface area contributed by atoms with Gasteiger partial charge in [-0.25, -0.2) is 4.79 Å². The maximum atomic E-state index is 15.3. The lowest BCUT2D eigenvalue weighted by molar-refractivity contribution is -0.181. The van der Waals surface area contributed by atoms with Crippen molar-refractivity contribution in [2.24, 2.45) is 23.5 Å². The number of nitrogens with one attached hydrogen (secondary N) is 1. The number of rotatable bonds is 13. The van der Waals surface area contributed by atoms with Crippen LogP contribution in [0.3, 0.4) is 0 Å². The predicted octanol–water partition coefficient (Wildman–Crippen LogP) is 6.48. The van der Waals surface area contributed by atoms with Gasteiger partial charge in [-0.15, -0.1) is 0 Å². The number of ketones is 1. The molecule has 4 heterocycles. The van der Waals surface area contributed by atoms with Crippen LogP contribution in [0.4, 0.5) is 0 Å². The number of carbonyl (C=O) groups excluding carboxylic acids is 2. The number of aliphatic hydroxyl groups is 1. The fourth-order valence-corrected chi connectivity index (χ4v) is 9.95. The van der Waals surface area contributed by atoms with Gasteiger partial charge in [0.2, 0.25) is 5.88 Å². The zero-order valence-corrected chi connectivity index (χ0v) is 34.5. The summed E-state index contributed by atoms with van der Waals surface area (Å²) in [5.41, 5.74) is 7.33. The van der Waals surface area contributed by atoms with Crippen LogP contribution in [0.1, 0.15) is 97.8 Å². The van der Waals surface area contributed by atoms with Crippen LogP contribution in [-0.2, 0) is 30.2 Å². The lowest BCUT2D eigenvalue weighted by Crippen LogP contribution is -2.75. The van der Waals surface area contributed by atoms with Gasteiger partial charge >= 0.3 is 5.97 Å². The highest BCUT2D eigenvalue weighted by atomic mass is 16.6. The lowest BCUT2D eigenvalue weighted by Gasteiger charge is -2.61. The maximum Gasteiger partial charge on any atom is 0.333 e. The monoisotopic (exact) mass is 781 g/mol. The van der Waals surface area contributed by atoms with E-state index in [9.17, 15) is 15.2 Å². The zero-order valence-electron chi connectivity index (χ0n) is 34.5. The number of fused-ring (bicyclic) bond motifs is 3. The molecule has 57 heavy (non-hydrogen) atoms. The van der Waals surface area contributed by atoms with Crippen molar-refractivity contribution in [1.82, 2.24) is 5.32 Å². The fourth-order valence-electron chi connectivity index (χ4n) is 9.95. The third kappa shape index (κ3) is 6.12. The molecule has 3 saturated carbocycles. The molecule has 4 bridgehead atoms. The van der Waals surface area contributed by atoms with Crippen molar-refractivity contribution < 1.29 is 43.1 Å². The number of methoxy groups -OCH3 is 1. The van der Waals surface area contributed by atoms with E-state index in [1.165, 1.54) is 12.7 Å². The molecule has 0 aromatic heterocycles. The average molecular weight is 782 g/mol. The molecule has 6 atom stereocenters. The second-order valence-corrected chi connectivity index (χ2v) is 17.2. The summed E-state index contributed by atoms with van der Waals surface area (Å²) in [4.78, 5) is 28.0. The minimum Gasteiger partial charge on any atom is -0.482 e. The summed E-state index contributed by atoms with van der Waals surface area (Å²) in [6, 6.07) is 2.28. The Morgan fingerprint density at radius 3 is 2.51 bits per heavy atom. The molecule has 0 amide bonds. The van der Waals surface area contributed by atoms with E-state index in [-0.39, 0.29) is 42.9 Å². The Labute approximate surface area is 335 Å². The molecule has 8 rings (SSSR count). The Bertz CT molecular complexity index is 2140. The number of nitrogens with two attached hydrogens (primary N) is 1. The van der Waals surface area contributed by atoms with E-state index in [1.807, 2.05) is 33.8 Å². The number of benzene rings is 1. The summed E-state index contributed by atoms with van der Waals surface area (Å²) in [7, 11) is 1.31. The van der Waals surface area contributed by atoms with Gasteiger partial charge in [-0.05, 0) is 93.2 Å². The van der Waals surface area contributed by atoms with E-state index in [4.69, 9.17) is 34.2 Å². The van der Waals surface area contributed by atoms with Gasteiger partial charge in [0.05, 0.1) is 30.5 Å².